The first-order valence-electron chi connectivity index (χ1n) is 12.4. The number of aryl methyl sites for hydroxylation is 1. The van der Waals surface area contributed by atoms with E-state index < -0.39 is 34.8 Å². The van der Waals surface area contributed by atoms with E-state index in [0.29, 0.717) is 34.9 Å². The molecular weight excluding hydrogens is 507 g/mol. The van der Waals surface area contributed by atoms with E-state index in [2.05, 4.69) is 11.4 Å². The molecule has 1 heterocycles. The number of carbonyl (C=O) groups excluding carboxylic acids is 1. The number of nitriles is 1. The van der Waals surface area contributed by atoms with E-state index >= 15 is 4.39 Å². The Morgan fingerprint density at radius 3 is 2.45 bits per heavy atom. The number of anilines is 2. The van der Waals surface area contributed by atoms with Gasteiger partial charge in [-0.3, -0.25) is 4.90 Å². The Kier molecular flexibility index (Phi) is 7.06. The van der Waals surface area contributed by atoms with E-state index in [1.54, 1.807) is 54.8 Å². The van der Waals surface area contributed by atoms with E-state index in [-0.39, 0.29) is 12.4 Å². The van der Waals surface area contributed by atoms with E-state index in [1.165, 1.54) is 12.1 Å². The number of ether oxygens (including phenoxy) is 2. The highest BCUT2D eigenvalue weighted by Gasteiger charge is 2.50. The summed E-state index contributed by atoms with van der Waals surface area (Å²) in [7, 11) is 0. The molecule has 0 aromatic heterocycles. The van der Waals surface area contributed by atoms with E-state index in [4.69, 9.17) is 21.7 Å². The first-order valence-corrected chi connectivity index (χ1v) is 12.8. The highest BCUT2D eigenvalue weighted by Crippen LogP contribution is 2.41. The third-order valence-electron chi connectivity index (χ3n) is 6.76. The molecule has 1 aliphatic heterocycles. The van der Waals surface area contributed by atoms with Gasteiger partial charge in [0.1, 0.15) is 12.2 Å². The largest absolute Gasteiger partial charge is 0.488 e. The normalized spacial score (nSPS) is 19.7. The summed E-state index contributed by atoms with van der Waals surface area (Å²) in [5.74, 6) is -0.537. The van der Waals surface area contributed by atoms with Crippen molar-refractivity contribution >= 4 is 34.8 Å². The number of benzene rings is 2. The van der Waals surface area contributed by atoms with Crippen LogP contribution in [0, 0.1) is 24.1 Å². The van der Waals surface area contributed by atoms with Gasteiger partial charge < -0.3 is 24.8 Å². The lowest BCUT2D eigenvalue weighted by Crippen LogP contribution is -2.47. The minimum Gasteiger partial charge on any atom is -0.488 e. The van der Waals surface area contributed by atoms with Gasteiger partial charge in [0, 0.05) is 17.4 Å². The molecule has 1 saturated carbocycles. The van der Waals surface area contributed by atoms with Crippen LogP contribution in [0.1, 0.15) is 58.6 Å². The van der Waals surface area contributed by atoms with Gasteiger partial charge in [-0.1, -0.05) is 0 Å². The fourth-order valence-electron chi connectivity index (χ4n) is 4.45. The molecule has 2 fully saturated rings. The van der Waals surface area contributed by atoms with Crippen LogP contribution in [0.4, 0.5) is 20.6 Å². The van der Waals surface area contributed by atoms with Gasteiger partial charge in [0.25, 0.3) is 0 Å². The smallest absolute Gasteiger partial charge is 0.408 e. The number of halogens is 1. The summed E-state index contributed by atoms with van der Waals surface area (Å²) < 4.78 is 26.3. The molecule has 1 amide bonds. The fraction of sp³-hybridized carbons (Fsp3) is 0.464. The lowest BCUT2D eigenvalue weighted by atomic mass is 10.0. The summed E-state index contributed by atoms with van der Waals surface area (Å²) in [4.78, 5) is 15.5. The Morgan fingerprint density at radius 2 is 1.89 bits per heavy atom. The van der Waals surface area contributed by atoms with Crippen LogP contribution in [-0.2, 0) is 4.74 Å². The van der Waals surface area contributed by atoms with Crippen molar-refractivity contribution in [1.82, 2.24) is 5.32 Å². The SMILES string of the molecule is Cc1cc(N2C(=S)N(c3ccc(OCC4(NC(=O)OC(C)(C)C)CC4)c(F)c3)C(C)(C)C2O)ccc1C#N. The third-order valence-corrected chi connectivity index (χ3v) is 7.14. The Labute approximate surface area is 227 Å². The average molecular weight is 541 g/mol. The maximum Gasteiger partial charge on any atom is 0.408 e. The molecule has 2 aromatic carbocycles. The summed E-state index contributed by atoms with van der Waals surface area (Å²) in [6.07, 6.45) is -0.120. The first-order chi connectivity index (χ1) is 17.7. The van der Waals surface area contributed by atoms with Crippen molar-refractivity contribution in [2.24, 2.45) is 0 Å². The highest BCUT2D eigenvalue weighted by molar-refractivity contribution is 7.80. The van der Waals surface area contributed by atoms with Crippen LogP contribution >= 0.6 is 12.2 Å². The number of amides is 1. The van der Waals surface area contributed by atoms with Crippen molar-refractivity contribution in [3.8, 4) is 11.8 Å². The van der Waals surface area contributed by atoms with Crippen molar-refractivity contribution in [3.05, 3.63) is 53.3 Å². The van der Waals surface area contributed by atoms with E-state index in [9.17, 15) is 15.2 Å². The molecule has 4 rings (SSSR count). The summed E-state index contributed by atoms with van der Waals surface area (Å²) in [6, 6.07) is 11.9. The van der Waals surface area contributed by atoms with Gasteiger partial charge in [-0.15, -0.1) is 0 Å². The zero-order chi connectivity index (χ0) is 28.0. The molecule has 38 heavy (non-hydrogen) atoms. The van der Waals surface area contributed by atoms with E-state index in [1.807, 2.05) is 20.8 Å². The zero-order valence-electron chi connectivity index (χ0n) is 22.5. The molecule has 0 bridgehead atoms. The van der Waals surface area contributed by atoms with Gasteiger partial charge in [-0.25, -0.2) is 9.18 Å². The maximum absolute atomic E-state index is 15.2. The Bertz CT molecular complexity index is 1310. The molecule has 2 N–H and O–H groups in total. The quantitative estimate of drug-likeness (QED) is 0.486. The van der Waals surface area contributed by atoms with Crippen LogP contribution in [-0.4, -0.2) is 45.8 Å². The summed E-state index contributed by atoms with van der Waals surface area (Å²) in [6.45, 7) is 10.9. The number of nitrogens with one attached hydrogen (secondary N) is 1. The second kappa shape index (κ2) is 9.71. The van der Waals surface area contributed by atoms with Crippen molar-refractivity contribution in [2.75, 3.05) is 16.4 Å². The predicted octanol–water partition coefficient (Wildman–Crippen LogP) is 5.15. The minimum atomic E-state index is -1.02. The number of rotatable bonds is 6. The highest BCUT2D eigenvalue weighted by atomic mass is 32.1. The molecule has 0 spiro atoms. The predicted molar refractivity (Wildman–Crippen MR) is 147 cm³/mol. The fourth-order valence-corrected chi connectivity index (χ4v) is 4.99. The summed E-state index contributed by atoms with van der Waals surface area (Å²) >= 11 is 5.74. The topological polar surface area (TPSA) is 98.1 Å². The molecule has 1 unspecified atom stereocenters. The van der Waals surface area contributed by atoms with Crippen LogP contribution in [0.3, 0.4) is 0 Å². The van der Waals surface area contributed by atoms with Crippen LogP contribution in [0.2, 0.25) is 0 Å². The molecule has 10 heteroatoms. The lowest BCUT2D eigenvalue weighted by molar-refractivity contribution is 0.0476. The molecule has 0 radical (unpaired) electrons. The number of aliphatic hydroxyl groups is 1. The van der Waals surface area contributed by atoms with Gasteiger partial charge in [0.15, 0.2) is 22.9 Å². The molecule has 1 atom stereocenters. The molecule has 2 aromatic rings. The number of carbonyl (C=O) groups is 1. The molecule has 202 valence electrons. The zero-order valence-corrected chi connectivity index (χ0v) is 23.3. The number of thiocarbonyl (C=S) groups is 1. The number of hydrogen-bond acceptors (Lipinski definition) is 6. The first kappa shape index (κ1) is 27.6. The summed E-state index contributed by atoms with van der Waals surface area (Å²) in [5.41, 5.74) is 0.329. The number of alkyl carbamates (subject to hydrolysis) is 1. The van der Waals surface area contributed by atoms with Gasteiger partial charge in [-0.05, 0) is 102 Å². The van der Waals surface area contributed by atoms with Gasteiger partial charge >= 0.3 is 6.09 Å². The van der Waals surface area contributed by atoms with Crippen LogP contribution < -0.4 is 19.9 Å². The Morgan fingerprint density at radius 1 is 1.24 bits per heavy atom. The number of nitrogens with zero attached hydrogens (tertiary/aromatic N) is 3. The second-order valence-electron chi connectivity index (χ2n) is 11.4. The van der Waals surface area contributed by atoms with Crippen LogP contribution in [0.25, 0.3) is 0 Å². The molecular formula is C28H33FN4O4S. The lowest BCUT2D eigenvalue weighted by Gasteiger charge is -2.33. The molecule has 1 aliphatic carbocycles. The van der Waals surface area contributed by atoms with Crippen LogP contribution in [0.5, 0.6) is 5.75 Å². The second-order valence-corrected chi connectivity index (χ2v) is 11.8. The third kappa shape index (κ3) is 5.40. The van der Waals surface area contributed by atoms with Gasteiger partial charge in [0.2, 0.25) is 0 Å². The van der Waals surface area contributed by atoms with Crippen molar-refractivity contribution in [2.45, 2.75) is 77.3 Å². The minimum absolute atomic E-state index is 0.0501. The maximum atomic E-state index is 15.2. The molecule has 1 saturated heterocycles. The van der Waals surface area contributed by atoms with E-state index in [0.717, 1.165) is 5.56 Å². The molecule has 2 aliphatic rings. The van der Waals surface area contributed by atoms with Crippen molar-refractivity contribution in [1.29, 1.82) is 5.26 Å². The van der Waals surface area contributed by atoms with Gasteiger partial charge in [0.05, 0.1) is 22.7 Å². The Balaban J connectivity index is 1.50. The van der Waals surface area contributed by atoms with Crippen molar-refractivity contribution in [3.63, 3.8) is 0 Å². The summed E-state index contributed by atoms with van der Waals surface area (Å²) in [5, 5.41) is 23.6. The Hall–Kier alpha value is -3.42. The molecule has 8 nitrogen and oxygen atoms in total. The van der Waals surface area contributed by atoms with Crippen LogP contribution in [0.15, 0.2) is 36.4 Å². The number of hydrogen-bond donors (Lipinski definition) is 2. The monoisotopic (exact) mass is 540 g/mol. The van der Waals surface area contributed by atoms with Gasteiger partial charge in [-0.2, -0.15) is 5.26 Å². The van der Waals surface area contributed by atoms with Crippen molar-refractivity contribution < 1.29 is 23.8 Å². The standard InChI is InChI=1S/C28H33FN4O4S/c1-17-13-19(8-7-18(17)15-30)32-23(34)27(5,6)33(25(32)38)20-9-10-22(21(29)14-20)36-16-28(11-12-28)31-24(35)37-26(2,3)4/h7-10,13-14,23,34H,11-12,16H2,1-6H3,(H,31,35). The average Bonchev–Trinajstić information content (AvgIpc) is 3.52. The number of aliphatic hydroxyl groups excluding tert-OH is 1.